The van der Waals surface area contributed by atoms with Crippen LogP contribution in [0.25, 0.3) is 0 Å². The van der Waals surface area contributed by atoms with Crippen molar-refractivity contribution < 1.29 is 19.2 Å². The standard InChI is InChI=1S/C12H11ClN2O5/c13-9-6-8(15(18)19)3-4-10(9)20-7-12(17)14-5-1-2-11(14)16/h3-4,6H,1-2,5,7H2. The van der Waals surface area contributed by atoms with E-state index in [1.165, 1.54) is 12.1 Å². The molecule has 0 saturated carbocycles. The molecule has 1 aromatic carbocycles. The third-order valence-electron chi connectivity index (χ3n) is 2.85. The maximum Gasteiger partial charge on any atom is 0.271 e. The number of nitro benzene ring substituents is 1. The highest BCUT2D eigenvalue weighted by Crippen LogP contribution is 2.28. The first-order valence-electron chi connectivity index (χ1n) is 5.89. The third kappa shape index (κ3) is 3.05. The van der Waals surface area contributed by atoms with Gasteiger partial charge in [0.25, 0.3) is 11.6 Å². The molecule has 0 bridgehead atoms. The van der Waals surface area contributed by atoms with Crippen molar-refractivity contribution in [1.82, 2.24) is 4.90 Å². The number of ether oxygens (including phenoxy) is 1. The predicted octanol–water partition coefficient (Wildman–Crippen LogP) is 1.78. The van der Waals surface area contributed by atoms with Crippen LogP contribution in [0.1, 0.15) is 12.8 Å². The number of benzene rings is 1. The number of halogens is 1. The van der Waals surface area contributed by atoms with Crippen LogP contribution in [0, 0.1) is 10.1 Å². The number of amides is 2. The van der Waals surface area contributed by atoms with E-state index >= 15 is 0 Å². The average Bonchev–Trinajstić information content (AvgIpc) is 2.83. The zero-order chi connectivity index (χ0) is 14.7. The van der Waals surface area contributed by atoms with Crippen molar-refractivity contribution in [2.75, 3.05) is 13.2 Å². The molecule has 2 amide bonds. The number of hydrogen-bond acceptors (Lipinski definition) is 5. The molecule has 0 spiro atoms. The molecule has 0 unspecified atom stereocenters. The van der Waals surface area contributed by atoms with Crippen LogP contribution < -0.4 is 4.74 Å². The number of hydrogen-bond donors (Lipinski definition) is 0. The molecular formula is C12H11ClN2O5. The van der Waals surface area contributed by atoms with Crippen LogP contribution in [-0.2, 0) is 9.59 Å². The maximum atomic E-state index is 11.7. The predicted molar refractivity (Wildman–Crippen MR) is 69.6 cm³/mol. The number of carbonyl (C=O) groups is 2. The topological polar surface area (TPSA) is 89.8 Å². The summed E-state index contributed by atoms with van der Waals surface area (Å²) in [6.45, 7) is 0.0677. The SMILES string of the molecule is O=C1CCCN1C(=O)COc1ccc([N+](=O)[O-])cc1Cl. The second-order valence-corrected chi connectivity index (χ2v) is 4.61. The van der Waals surface area contributed by atoms with Gasteiger partial charge in [0.05, 0.1) is 9.95 Å². The molecule has 0 aromatic heterocycles. The molecule has 0 radical (unpaired) electrons. The fourth-order valence-corrected chi connectivity index (χ4v) is 2.08. The maximum absolute atomic E-state index is 11.7. The van der Waals surface area contributed by atoms with Gasteiger partial charge in [0.2, 0.25) is 5.91 Å². The number of imide groups is 1. The highest BCUT2D eigenvalue weighted by molar-refractivity contribution is 6.32. The van der Waals surface area contributed by atoms with Crippen LogP contribution in [0.3, 0.4) is 0 Å². The van der Waals surface area contributed by atoms with Gasteiger partial charge in [-0.1, -0.05) is 11.6 Å². The third-order valence-corrected chi connectivity index (χ3v) is 3.15. The molecule has 1 aliphatic rings. The van der Waals surface area contributed by atoms with Gasteiger partial charge >= 0.3 is 0 Å². The molecule has 1 aliphatic heterocycles. The number of nitrogens with zero attached hydrogens (tertiary/aromatic N) is 2. The molecule has 106 valence electrons. The Morgan fingerprint density at radius 1 is 1.50 bits per heavy atom. The van der Waals surface area contributed by atoms with Crippen LogP contribution in [0.2, 0.25) is 5.02 Å². The van der Waals surface area contributed by atoms with Crippen LogP contribution in [-0.4, -0.2) is 34.8 Å². The minimum Gasteiger partial charge on any atom is -0.482 e. The molecule has 1 saturated heterocycles. The van der Waals surface area contributed by atoms with Crippen molar-refractivity contribution in [3.8, 4) is 5.75 Å². The summed E-state index contributed by atoms with van der Waals surface area (Å²) in [6, 6.07) is 3.69. The van der Waals surface area contributed by atoms with Crippen molar-refractivity contribution in [1.29, 1.82) is 0 Å². The summed E-state index contributed by atoms with van der Waals surface area (Å²) in [5.74, 6) is -0.493. The number of rotatable bonds is 4. The number of nitro groups is 1. The number of likely N-dealkylation sites (tertiary alicyclic amines) is 1. The molecule has 8 heteroatoms. The summed E-state index contributed by atoms with van der Waals surface area (Å²) in [5, 5.41) is 10.6. The molecule has 20 heavy (non-hydrogen) atoms. The summed E-state index contributed by atoms with van der Waals surface area (Å²) in [4.78, 5) is 34.2. The lowest BCUT2D eigenvalue weighted by Gasteiger charge is -2.14. The fourth-order valence-electron chi connectivity index (χ4n) is 1.85. The van der Waals surface area contributed by atoms with Gasteiger partial charge in [-0.15, -0.1) is 0 Å². The van der Waals surface area contributed by atoms with E-state index in [2.05, 4.69) is 0 Å². The van der Waals surface area contributed by atoms with Crippen molar-refractivity contribution in [3.63, 3.8) is 0 Å². The molecule has 1 aromatic rings. The zero-order valence-corrected chi connectivity index (χ0v) is 11.1. The second kappa shape index (κ2) is 5.87. The monoisotopic (exact) mass is 298 g/mol. The van der Waals surface area contributed by atoms with Gasteiger partial charge in [-0.2, -0.15) is 0 Å². The molecule has 0 aliphatic carbocycles. The van der Waals surface area contributed by atoms with E-state index in [0.717, 1.165) is 11.0 Å². The Labute approximate surface area is 119 Å². The van der Waals surface area contributed by atoms with E-state index in [1.54, 1.807) is 0 Å². The Hall–Kier alpha value is -2.15. The lowest BCUT2D eigenvalue weighted by atomic mass is 10.3. The Morgan fingerprint density at radius 3 is 2.80 bits per heavy atom. The van der Waals surface area contributed by atoms with Gasteiger partial charge < -0.3 is 4.74 Å². The molecule has 2 rings (SSSR count). The van der Waals surface area contributed by atoms with E-state index < -0.39 is 10.8 Å². The largest absolute Gasteiger partial charge is 0.482 e. The van der Waals surface area contributed by atoms with Gasteiger partial charge in [-0.25, -0.2) is 0 Å². The first kappa shape index (κ1) is 14.3. The van der Waals surface area contributed by atoms with Gasteiger partial charge in [-0.05, 0) is 12.5 Å². The van der Waals surface area contributed by atoms with E-state index in [9.17, 15) is 19.7 Å². The minimum atomic E-state index is -0.580. The molecular weight excluding hydrogens is 288 g/mol. The van der Waals surface area contributed by atoms with E-state index in [1.807, 2.05) is 0 Å². The fraction of sp³-hybridized carbons (Fsp3) is 0.333. The van der Waals surface area contributed by atoms with Crippen LogP contribution >= 0.6 is 11.6 Å². The molecule has 1 fully saturated rings. The normalized spacial score (nSPS) is 14.4. The highest BCUT2D eigenvalue weighted by atomic mass is 35.5. The minimum absolute atomic E-state index is 0.0414. The van der Waals surface area contributed by atoms with Crippen molar-refractivity contribution in [2.24, 2.45) is 0 Å². The molecule has 0 atom stereocenters. The molecule has 7 nitrogen and oxygen atoms in total. The second-order valence-electron chi connectivity index (χ2n) is 4.20. The Kier molecular flexibility index (Phi) is 4.19. The first-order valence-corrected chi connectivity index (χ1v) is 6.27. The summed E-state index contributed by atoms with van der Waals surface area (Å²) in [7, 11) is 0. The lowest BCUT2D eigenvalue weighted by Crippen LogP contribution is -2.35. The lowest BCUT2D eigenvalue weighted by molar-refractivity contribution is -0.384. The quantitative estimate of drug-likeness (QED) is 0.624. The summed E-state index contributed by atoms with van der Waals surface area (Å²) in [6.07, 6.45) is 1.02. The van der Waals surface area contributed by atoms with E-state index in [-0.39, 0.29) is 29.0 Å². The number of carbonyl (C=O) groups excluding carboxylic acids is 2. The van der Waals surface area contributed by atoms with E-state index in [0.29, 0.717) is 19.4 Å². The van der Waals surface area contributed by atoms with E-state index in [4.69, 9.17) is 16.3 Å². The van der Waals surface area contributed by atoms with Gasteiger partial charge in [-0.3, -0.25) is 24.6 Å². The van der Waals surface area contributed by atoms with Crippen molar-refractivity contribution >= 4 is 29.1 Å². The zero-order valence-electron chi connectivity index (χ0n) is 10.4. The average molecular weight is 299 g/mol. The smallest absolute Gasteiger partial charge is 0.271 e. The van der Waals surface area contributed by atoms with Crippen LogP contribution in [0.15, 0.2) is 18.2 Å². The summed E-state index contributed by atoms with van der Waals surface area (Å²) >= 11 is 5.82. The molecule has 0 N–H and O–H groups in total. The van der Waals surface area contributed by atoms with Crippen LogP contribution in [0.4, 0.5) is 5.69 Å². The Bertz CT molecular complexity index is 575. The Morgan fingerprint density at radius 2 is 2.25 bits per heavy atom. The first-order chi connectivity index (χ1) is 9.49. The van der Waals surface area contributed by atoms with Crippen LogP contribution in [0.5, 0.6) is 5.75 Å². The van der Waals surface area contributed by atoms with Gasteiger partial charge in [0.15, 0.2) is 6.61 Å². The number of non-ortho nitro benzene ring substituents is 1. The molecule has 1 heterocycles. The van der Waals surface area contributed by atoms with Crippen molar-refractivity contribution in [3.05, 3.63) is 33.3 Å². The summed E-state index contributed by atoms with van der Waals surface area (Å²) in [5.41, 5.74) is -0.164. The highest BCUT2D eigenvalue weighted by Gasteiger charge is 2.26. The Balaban J connectivity index is 1.99. The summed E-state index contributed by atoms with van der Waals surface area (Å²) < 4.78 is 5.20. The van der Waals surface area contributed by atoms with Crippen molar-refractivity contribution in [2.45, 2.75) is 12.8 Å². The van der Waals surface area contributed by atoms with Gasteiger partial charge in [0.1, 0.15) is 5.75 Å². The van der Waals surface area contributed by atoms with Gasteiger partial charge in [0, 0.05) is 25.1 Å².